The van der Waals surface area contributed by atoms with Crippen LogP contribution in [-0.2, 0) is 6.42 Å². The zero-order valence-electron chi connectivity index (χ0n) is 15.3. The first-order valence-corrected chi connectivity index (χ1v) is 8.97. The molecule has 0 spiro atoms. The smallest absolute Gasteiger partial charge is 0.259 e. The number of amides is 1. The summed E-state index contributed by atoms with van der Waals surface area (Å²) in [6, 6.07) is 19.6. The molecule has 1 N–H and O–H groups in total. The molecule has 2 aromatic heterocycles. The van der Waals surface area contributed by atoms with E-state index in [0.717, 1.165) is 33.8 Å². The largest absolute Gasteiger partial charge is 0.322 e. The van der Waals surface area contributed by atoms with Crippen LogP contribution in [0.3, 0.4) is 0 Å². The Balaban J connectivity index is 1.72. The van der Waals surface area contributed by atoms with Crippen LogP contribution in [0.2, 0.25) is 0 Å². The molecule has 1 amide bonds. The predicted molar refractivity (Wildman–Crippen MR) is 107 cm³/mol. The molecule has 0 aliphatic rings. The number of carbonyl (C=O) groups excluding carboxylic acids is 1. The highest BCUT2D eigenvalue weighted by atomic mass is 16.1. The maximum atomic E-state index is 12.8. The van der Waals surface area contributed by atoms with Gasteiger partial charge in [-0.1, -0.05) is 55.0 Å². The third kappa shape index (κ3) is 3.31. The molecular formula is C22H20N4O. The molecule has 0 aliphatic carbocycles. The van der Waals surface area contributed by atoms with Crippen molar-refractivity contribution < 1.29 is 4.79 Å². The second-order valence-electron chi connectivity index (χ2n) is 6.46. The number of nitrogens with one attached hydrogen (secondary N) is 1. The Morgan fingerprint density at radius 3 is 2.52 bits per heavy atom. The fourth-order valence-electron chi connectivity index (χ4n) is 3.10. The quantitative estimate of drug-likeness (QED) is 0.585. The molecule has 4 aromatic rings. The molecule has 5 nitrogen and oxygen atoms in total. The van der Waals surface area contributed by atoms with Gasteiger partial charge in [0, 0.05) is 23.5 Å². The van der Waals surface area contributed by atoms with E-state index in [0.29, 0.717) is 12.0 Å². The van der Waals surface area contributed by atoms with Gasteiger partial charge in [0.15, 0.2) is 5.65 Å². The number of benzene rings is 2. The number of aromatic nitrogens is 3. The first-order chi connectivity index (χ1) is 13.2. The van der Waals surface area contributed by atoms with Gasteiger partial charge in [0.05, 0.1) is 17.0 Å². The molecule has 4 rings (SSSR count). The van der Waals surface area contributed by atoms with E-state index < -0.39 is 0 Å². The molecule has 0 saturated heterocycles. The van der Waals surface area contributed by atoms with Gasteiger partial charge < -0.3 is 5.32 Å². The van der Waals surface area contributed by atoms with E-state index in [1.165, 1.54) is 0 Å². The standard InChI is InChI=1S/C22H20N4O/c1-3-20-18(22(27)24-17-11-9-15(2)10-12-17)14-23-21-13-19(25-26(20)21)16-7-5-4-6-8-16/h4-14H,3H2,1-2H3,(H,24,27). The highest BCUT2D eigenvalue weighted by Gasteiger charge is 2.17. The zero-order chi connectivity index (χ0) is 18.8. The fourth-order valence-corrected chi connectivity index (χ4v) is 3.10. The van der Waals surface area contributed by atoms with E-state index >= 15 is 0 Å². The summed E-state index contributed by atoms with van der Waals surface area (Å²) in [4.78, 5) is 17.3. The van der Waals surface area contributed by atoms with Crippen molar-refractivity contribution in [1.82, 2.24) is 14.6 Å². The van der Waals surface area contributed by atoms with Gasteiger partial charge in [0.25, 0.3) is 5.91 Å². The van der Waals surface area contributed by atoms with Gasteiger partial charge in [-0.25, -0.2) is 9.50 Å². The zero-order valence-corrected chi connectivity index (χ0v) is 15.3. The predicted octanol–water partition coefficient (Wildman–Crippen LogP) is 4.52. The Morgan fingerprint density at radius 1 is 1.07 bits per heavy atom. The molecule has 0 atom stereocenters. The van der Waals surface area contributed by atoms with Crippen molar-refractivity contribution in [2.24, 2.45) is 0 Å². The minimum atomic E-state index is -0.179. The van der Waals surface area contributed by atoms with Gasteiger partial charge in [-0.3, -0.25) is 4.79 Å². The normalized spacial score (nSPS) is 10.9. The molecule has 27 heavy (non-hydrogen) atoms. The van der Waals surface area contributed by atoms with Gasteiger partial charge in [-0.05, 0) is 25.5 Å². The summed E-state index contributed by atoms with van der Waals surface area (Å²) in [7, 11) is 0. The maximum Gasteiger partial charge on any atom is 0.259 e. The summed E-state index contributed by atoms with van der Waals surface area (Å²) in [6.07, 6.45) is 2.31. The SMILES string of the molecule is CCc1c(C(=O)Nc2ccc(C)cc2)cnc2cc(-c3ccccc3)nn12. The number of nitrogens with zero attached hydrogens (tertiary/aromatic N) is 3. The first-order valence-electron chi connectivity index (χ1n) is 8.97. The second kappa shape index (κ2) is 7.03. The van der Waals surface area contributed by atoms with Gasteiger partial charge in [-0.2, -0.15) is 5.10 Å². The van der Waals surface area contributed by atoms with E-state index in [1.807, 2.05) is 74.5 Å². The summed E-state index contributed by atoms with van der Waals surface area (Å²) in [6.45, 7) is 4.03. The summed E-state index contributed by atoms with van der Waals surface area (Å²) < 4.78 is 1.77. The van der Waals surface area contributed by atoms with E-state index in [1.54, 1.807) is 10.7 Å². The molecule has 2 heterocycles. The minimum Gasteiger partial charge on any atom is -0.322 e. The van der Waals surface area contributed by atoms with Crippen LogP contribution >= 0.6 is 0 Å². The number of anilines is 1. The average molecular weight is 356 g/mol. The molecule has 0 bridgehead atoms. The fraction of sp³-hybridized carbons (Fsp3) is 0.136. The summed E-state index contributed by atoms with van der Waals surface area (Å²) >= 11 is 0. The van der Waals surface area contributed by atoms with Crippen molar-refractivity contribution in [2.45, 2.75) is 20.3 Å². The summed E-state index contributed by atoms with van der Waals surface area (Å²) in [5.74, 6) is -0.179. The van der Waals surface area contributed by atoms with Crippen LogP contribution in [0.1, 0.15) is 28.5 Å². The Bertz CT molecular complexity index is 1100. The maximum absolute atomic E-state index is 12.8. The molecular weight excluding hydrogens is 336 g/mol. The topological polar surface area (TPSA) is 59.3 Å². The highest BCUT2D eigenvalue weighted by molar-refractivity contribution is 6.05. The van der Waals surface area contributed by atoms with E-state index in [4.69, 9.17) is 0 Å². The van der Waals surface area contributed by atoms with Crippen LogP contribution in [0.5, 0.6) is 0 Å². The van der Waals surface area contributed by atoms with Crippen LogP contribution in [0.15, 0.2) is 66.9 Å². The highest BCUT2D eigenvalue weighted by Crippen LogP contribution is 2.21. The van der Waals surface area contributed by atoms with Gasteiger partial charge in [-0.15, -0.1) is 0 Å². The molecule has 0 fully saturated rings. The number of aryl methyl sites for hydroxylation is 2. The number of rotatable bonds is 4. The monoisotopic (exact) mass is 356 g/mol. The van der Waals surface area contributed by atoms with E-state index in [9.17, 15) is 4.79 Å². The van der Waals surface area contributed by atoms with Crippen LogP contribution in [0, 0.1) is 6.92 Å². The lowest BCUT2D eigenvalue weighted by Crippen LogP contribution is -2.17. The number of carbonyl (C=O) groups is 1. The Morgan fingerprint density at radius 2 is 1.81 bits per heavy atom. The Labute approximate surface area is 157 Å². The van der Waals surface area contributed by atoms with Crippen molar-refractivity contribution in [3.8, 4) is 11.3 Å². The number of hydrogen-bond donors (Lipinski definition) is 1. The Hall–Kier alpha value is -3.47. The molecule has 5 heteroatoms. The van der Waals surface area contributed by atoms with Gasteiger partial charge >= 0.3 is 0 Å². The molecule has 0 radical (unpaired) electrons. The molecule has 134 valence electrons. The van der Waals surface area contributed by atoms with Crippen molar-refractivity contribution in [1.29, 1.82) is 0 Å². The lowest BCUT2D eigenvalue weighted by molar-refractivity contribution is 0.102. The second-order valence-corrected chi connectivity index (χ2v) is 6.46. The van der Waals surface area contributed by atoms with Gasteiger partial charge in [0.2, 0.25) is 0 Å². The van der Waals surface area contributed by atoms with Gasteiger partial charge in [0.1, 0.15) is 0 Å². The lowest BCUT2D eigenvalue weighted by Gasteiger charge is -2.10. The van der Waals surface area contributed by atoms with Crippen molar-refractivity contribution >= 4 is 17.2 Å². The molecule has 2 aromatic carbocycles. The molecule has 0 unspecified atom stereocenters. The Kier molecular flexibility index (Phi) is 4.42. The van der Waals surface area contributed by atoms with Crippen LogP contribution < -0.4 is 5.32 Å². The number of hydrogen-bond acceptors (Lipinski definition) is 3. The summed E-state index contributed by atoms with van der Waals surface area (Å²) in [5, 5.41) is 7.63. The molecule has 0 saturated carbocycles. The lowest BCUT2D eigenvalue weighted by atomic mass is 10.1. The third-order valence-corrected chi connectivity index (χ3v) is 4.54. The first kappa shape index (κ1) is 17.0. The number of fused-ring (bicyclic) bond motifs is 1. The van der Waals surface area contributed by atoms with E-state index in [2.05, 4.69) is 15.4 Å². The van der Waals surface area contributed by atoms with Crippen LogP contribution in [-0.4, -0.2) is 20.5 Å². The average Bonchev–Trinajstić information content (AvgIpc) is 3.14. The third-order valence-electron chi connectivity index (χ3n) is 4.54. The van der Waals surface area contributed by atoms with Crippen LogP contribution in [0.4, 0.5) is 5.69 Å². The molecule has 0 aliphatic heterocycles. The minimum absolute atomic E-state index is 0.179. The van der Waals surface area contributed by atoms with Crippen LogP contribution in [0.25, 0.3) is 16.9 Å². The van der Waals surface area contributed by atoms with Crippen molar-refractivity contribution in [3.63, 3.8) is 0 Å². The van der Waals surface area contributed by atoms with E-state index in [-0.39, 0.29) is 5.91 Å². The summed E-state index contributed by atoms with van der Waals surface area (Å²) in [5.41, 5.74) is 5.88. The van der Waals surface area contributed by atoms with Crippen molar-refractivity contribution in [3.05, 3.63) is 83.7 Å². The van der Waals surface area contributed by atoms with Crippen molar-refractivity contribution in [2.75, 3.05) is 5.32 Å².